The number of nitrogens with zero attached hydrogens (tertiary/aromatic N) is 4. The fourth-order valence-electron chi connectivity index (χ4n) is 4.01. The molecule has 5 rings (SSSR count). The zero-order valence-corrected chi connectivity index (χ0v) is 20.5. The van der Waals surface area contributed by atoms with Crippen molar-refractivity contribution >= 4 is 28.4 Å². The van der Waals surface area contributed by atoms with Crippen LogP contribution >= 0.6 is 11.8 Å². The molecule has 0 radical (unpaired) electrons. The maximum atomic E-state index is 12.6. The summed E-state index contributed by atoms with van der Waals surface area (Å²) < 4.78 is 1.73. The van der Waals surface area contributed by atoms with Crippen molar-refractivity contribution in [2.45, 2.75) is 30.8 Å². The van der Waals surface area contributed by atoms with Gasteiger partial charge in [0, 0.05) is 29.5 Å². The minimum atomic E-state index is -0.454. The molecule has 0 fully saturated rings. The quantitative estimate of drug-likeness (QED) is 0.249. The molecule has 36 heavy (non-hydrogen) atoms. The first-order valence-electron chi connectivity index (χ1n) is 11.4. The molecule has 1 amide bonds. The van der Waals surface area contributed by atoms with Gasteiger partial charge in [0.15, 0.2) is 5.16 Å². The Bertz CT molecular complexity index is 1600. The number of hydrogen-bond donors (Lipinski definition) is 2. The Morgan fingerprint density at radius 1 is 1.06 bits per heavy atom. The number of hydrogen-bond acceptors (Lipinski definition) is 6. The Kier molecular flexibility index (Phi) is 6.64. The lowest BCUT2D eigenvalue weighted by atomic mass is 9.99. The van der Waals surface area contributed by atoms with Crippen molar-refractivity contribution in [3.05, 3.63) is 117 Å². The highest BCUT2D eigenvalue weighted by molar-refractivity contribution is 7.98. The Hall–Kier alpha value is -4.24. The average Bonchev–Trinajstić information content (AvgIpc) is 3.33. The molecule has 2 heterocycles. The normalized spacial score (nSPS) is 11.1. The van der Waals surface area contributed by atoms with E-state index in [4.69, 9.17) is 10.7 Å². The minimum absolute atomic E-state index is 0.134. The number of carbonyl (C=O) groups excluding carboxylic acids is 1. The summed E-state index contributed by atoms with van der Waals surface area (Å²) in [6.45, 7) is 2.33. The topological polar surface area (TPSA) is 120 Å². The van der Waals surface area contributed by atoms with Crippen LogP contribution in [0.15, 0.2) is 82.9 Å². The van der Waals surface area contributed by atoms with Crippen LogP contribution in [-0.4, -0.2) is 30.9 Å². The number of benzene rings is 3. The summed E-state index contributed by atoms with van der Waals surface area (Å²) in [6, 6.07) is 21.5. The van der Waals surface area contributed by atoms with Gasteiger partial charge in [-0.15, -0.1) is 5.10 Å². The lowest BCUT2D eigenvalue weighted by Gasteiger charge is -2.09. The van der Waals surface area contributed by atoms with Crippen molar-refractivity contribution < 1.29 is 4.79 Å². The second-order valence-electron chi connectivity index (χ2n) is 8.52. The number of nitrogens with two attached hydrogens (primary N) is 1. The summed E-state index contributed by atoms with van der Waals surface area (Å²) in [4.78, 5) is 31.5. The van der Waals surface area contributed by atoms with Gasteiger partial charge in [-0.25, -0.2) is 9.67 Å². The number of fused-ring (bicyclic) bond motifs is 1. The van der Waals surface area contributed by atoms with Crippen molar-refractivity contribution in [1.29, 1.82) is 0 Å². The highest BCUT2D eigenvalue weighted by Crippen LogP contribution is 2.23. The second kappa shape index (κ2) is 10.2. The molecule has 5 aromatic rings. The number of thioether (sulfide) groups is 1. The lowest BCUT2D eigenvalue weighted by Crippen LogP contribution is -2.16. The molecule has 3 N–H and O–H groups in total. The van der Waals surface area contributed by atoms with Gasteiger partial charge < -0.3 is 10.7 Å². The largest absolute Gasteiger partial charge is 0.366 e. The average molecular weight is 497 g/mol. The predicted octanol–water partition coefficient (Wildman–Crippen LogP) is 3.85. The van der Waals surface area contributed by atoms with Gasteiger partial charge in [0.2, 0.25) is 5.91 Å². The zero-order valence-electron chi connectivity index (χ0n) is 19.6. The number of rotatable bonds is 8. The van der Waals surface area contributed by atoms with E-state index in [1.165, 1.54) is 17.1 Å². The van der Waals surface area contributed by atoms with Gasteiger partial charge in [-0.05, 0) is 41.0 Å². The maximum Gasteiger partial charge on any atom is 0.254 e. The summed E-state index contributed by atoms with van der Waals surface area (Å²) in [6.07, 6.45) is 2.44. The Morgan fingerprint density at radius 3 is 2.64 bits per heavy atom. The summed E-state index contributed by atoms with van der Waals surface area (Å²) >= 11 is 1.42. The molecule has 9 heteroatoms. The van der Waals surface area contributed by atoms with Crippen LogP contribution < -0.4 is 11.3 Å². The van der Waals surface area contributed by atoms with E-state index in [2.05, 4.69) is 39.6 Å². The first-order valence-corrected chi connectivity index (χ1v) is 12.4. The number of amides is 1. The second-order valence-corrected chi connectivity index (χ2v) is 9.48. The van der Waals surface area contributed by atoms with E-state index in [0.717, 1.165) is 27.9 Å². The van der Waals surface area contributed by atoms with E-state index in [-0.39, 0.29) is 5.56 Å². The van der Waals surface area contributed by atoms with E-state index in [1.54, 1.807) is 16.8 Å². The van der Waals surface area contributed by atoms with Crippen molar-refractivity contribution in [3.8, 4) is 0 Å². The van der Waals surface area contributed by atoms with Gasteiger partial charge in [-0.1, -0.05) is 71.6 Å². The molecule has 8 nitrogen and oxygen atoms in total. The molecule has 0 atom stereocenters. The van der Waals surface area contributed by atoms with Crippen LogP contribution in [0, 0.1) is 6.92 Å². The van der Waals surface area contributed by atoms with Crippen LogP contribution in [0.1, 0.15) is 38.4 Å². The zero-order chi connectivity index (χ0) is 25.1. The highest BCUT2D eigenvalue weighted by Gasteiger charge is 2.12. The maximum absolute atomic E-state index is 12.6. The molecule has 3 aromatic carbocycles. The Balaban J connectivity index is 1.28. The van der Waals surface area contributed by atoms with Gasteiger partial charge >= 0.3 is 0 Å². The first-order chi connectivity index (χ1) is 17.5. The molecular weight excluding hydrogens is 472 g/mol. The van der Waals surface area contributed by atoms with Gasteiger partial charge in [-0.2, -0.15) is 0 Å². The highest BCUT2D eigenvalue weighted by atomic mass is 32.2. The summed E-state index contributed by atoms with van der Waals surface area (Å²) in [5.41, 5.74) is 9.90. The van der Waals surface area contributed by atoms with E-state index < -0.39 is 5.91 Å². The third kappa shape index (κ3) is 5.21. The Labute approximate surface area is 211 Å². The van der Waals surface area contributed by atoms with Gasteiger partial charge in [-0.3, -0.25) is 9.59 Å². The molecule has 0 aliphatic rings. The van der Waals surface area contributed by atoms with Crippen LogP contribution in [0.5, 0.6) is 0 Å². The van der Waals surface area contributed by atoms with E-state index in [1.807, 2.05) is 43.5 Å². The minimum Gasteiger partial charge on any atom is -0.366 e. The molecule has 0 aliphatic heterocycles. The molecule has 0 saturated carbocycles. The van der Waals surface area contributed by atoms with Crippen molar-refractivity contribution in [3.63, 3.8) is 0 Å². The summed E-state index contributed by atoms with van der Waals surface area (Å²) in [5.74, 6) is 0.0602. The van der Waals surface area contributed by atoms with E-state index in [9.17, 15) is 9.59 Å². The number of carbonyl (C=O) groups is 1. The predicted molar refractivity (Wildman–Crippen MR) is 140 cm³/mol. The SMILES string of the molecule is Cc1c(Cc2cccc3ccccc23)nc(SCc2cn(Cc3ccc(C(N)=O)cc3)nn2)[nH]c1=O. The number of primary amides is 1. The fraction of sp³-hybridized carbons (Fsp3) is 0.148. The third-order valence-corrected chi connectivity index (χ3v) is 6.90. The molecule has 0 spiro atoms. The van der Waals surface area contributed by atoms with E-state index in [0.29, 0.717) is 35.0 Å². The molecule has 0 saturated heterocycles. The molecule has 2 aromatic heterocycles. The van der Waals surface area contributed by atoms with Gasteiger partial charge in [0.05, 0.1) is 17.9 Å². The number of aromatic nitrogens is 5. The van der Waals surface area contributed by atoms with Gasteiger partial charge in [0.1, 0.15) is 0 Å². The van der Waals surface area contributed by atoms with E-state index >= 15 is 0 Å². The van der Waals surface area contributed by atoms with Crippen LogP contribution in [-0.2, 0) is 18.7 Å². The first kappa shape index (κ1) is 23.5. The summed E-state index contributed by atoms with van der Waals surface area (Å²) in [5, 5.41) is 11.3. The molecule has 180 valence electrons. The third-order valence-electron chi connectivity index (χ3n) is 5.99. The van der Waals surface area contributed by atoms with Crippen molar-refractivity contribution in [1.82, 2.24) is 25.0 Å². The number of aromatic amines is 1. The van der Waals surface area contributed by atoms with Gasteiger partial charge in [0.25, 0.3) is 5.56 Å². The van der Waals surface area contributed by atoms with Crippen LogP contribution in [0.2, 0.25) is 0 Å². The number of H-pyrrole nitrogens is 1. The van der Waals surface area contributed by atoms with Crippen LogP contribution in [0.4, 0.5) is 0 Å². The summed E-state index contributed by atoms with van der Waals surface area (Å²) in [7, 11) is 0. The lowest BCUT2D eigenvalue weighted by molar-refractivity contribution is 0.100. The monoisotopic (exact) mass is 496 g/mol. The van der Waals surface area contributed by atoms with Crippen LogP contribution in [0.25, 0.3) is 10.8 Å². The smallest absolute Gasteiger partial charge is 0.254 e. The number of nitrogens with one attached hydrogen (secondary N) is 1. The Morgan fingerprint density at radius 2 is 1.83 bits per heavy atom. The standard InChI is InChI=1S/C27H24N6O2S/c1-17-24(13-21-7-4-6-19-5-2-3-8-23(19)21)29-27(30-26(17)35)36-16-22-15-33(32-31-22)14-18-9-11-20(12-10-18)25(28)34/h2-12,15H,13-14,16H2,1H3,(H2,28,34)(H,29,30,35). The van der Waals surface area contributed by atoms with Crippen molar-refractivity contribution in [2.24, 2.45) is 5.73 Å². The van der Waals surface area contributed by atoms with Crippen molar-refractivity contribution in [2.75, 3.05) is 0 Å². The fourth-order valence-corrected chi connectivity index (χ4v) is 4.77. The molecule has 0 bridgehead atoms. The van der Waals surface area contributed by atoms with Crippen LogP contribution in [0.3, 0.4) is 0 Å². The molecule has 0 unspecified atom stereocenters. The molecule has 0 aliphatic carbocycles. The molecular formula is C27H24N6O2S.